The number of anilines is 1. The molecule has 0 aliphatic carbocycles. The molecule has 0 spiro atoms. The van der Waals surface area contributed by atoms with Crippen LogP contribution in [0, 0.1) is 25.5 Å². The van der Waals surface area contributed by atoms with E-state index in [1.165, 1.54) is 18.6 Å². The molecule has 0 bridgehead atoms. The molecule has 1 amide bonds. The molecule has 0 saturated carbocycles. The van der Waals surface area contributed by atoms with Gasteiger partial charge in [-0.05, 0) is 26.0 Å². The number of amides is 1. The van der Waals surface area contributed by atoms with Gasteiger partial charge in [-0.25, -0.2) is 18.7 Å². The minimum atomic E-state index is -0.788. The van der Waals surface area contributed by atoms with Gasteiger partial charge >= 0.3 is 0 Å². The number of rotatable bonds is 4. The average Bonchev–Trinajstić information content (AvgIpc) is 2.65. The first-order valence-corrected chi connectivity index (χ1v) is 7.96. The van der Waals surface area contributed by atoms with Crippen LogP contribution in [-0.2, 0) is 11.3 Å². The van der Waals surface area contributed by atoms with Crippen molar-refractivity contribution in [3.05, 3.63) is 70.0 Å². The van der Waals surface area contributed by atoms with Crippen LogP contribution in [0.25, 0.3) is 11.5 Å². The average molecular weight is 371 g/mol. The molecule has 27 heavy (non-hydrogen) atoms. The Labute approximate surface area is 152 Å². The summed E-state index contributed by atoms with van der Waals surface area (Å²) in [4.78, 5) is 37.4. The van der Waals surface area contributed by atoms with Gasteiger partial charge < -0.3 is 5.32 Å². The van der Waals surface area contributed by atoms with Crippen molar-refractivity contribution in [2.24, 2.45) is 0 Å². The minimum Gasteiger partial charge on any atom is -0.322 e. The van der Waals surface area contributed by atoms with Crippen LogP contribution in [0.4, 0.5) is 14.5 Å². The van der Waals surface area contributed by atoms with Crippen molar-refractivity contribution >= 4 is 11.6 Å². The molecule has 0 radical (unpaired) electrons. The Hall–Kier alpha value is -3.49. The summed E-state index contributed by atoms with van der Waals surface area (Å²) < 4.78 is 28.1. The largest absolute Gasteiger partial charge is 0.322 e. The molecule has 0 aliphatic rings. The quantitative estimate of drug-likeness (QED) is 0.760. The molecule has 9 heteroatoms. The number of nitrogens with one attached hydrogen (secondary N) is 1. The van der Waals surface area contributed by atoms with Gasteiger partial charge in [0.05, 0.1) is 11.9 Å². The lowest BCUT2D eigenvalue weighted by Gasteiger charge is -2.14. The van der Waals surface area contributed by atoms with Gasteiger partial charge in [0.1, 0.15) is 23.9 Å². The number of aromatic nitrogens is 4. The third-order valence-corrected chi connectivity index (χ3v) is 3.93. The molecular formula is C18H15F2N5O2. The van der Waals surface area contributed by atoms with E-state index < -0.39 is 29.6 Å². The lowest BCUT2D eigenvalue weighted by Crippen LogP contribution is -2.32. The van der Waals surface area contributed by atoms with Crippen LogP contribution in [0.1, 0.15) is 11.3 Å². The number of benzene rings is 1. The Balaban J connectivity index is 1.99. The number of carbonyl (C=O) groups is 1. The van der Waals surface area contributed by atoms with Gasteiger partial charge in [-0.1, -0.05) is 0 Å². The first-order valence-electron chi connectivity index (χ1n) is 7.96. The van der Waals surface area contributed by atoms with Gasteiger partial charge in [-0.15, -0.1) is 0 Å². The van der Waals surface area contributed by atoms with Gasteiger partial charge in [0.2, 0.25) is 5.91 Å². The molecule has 1 aromatic carbocycles. The lowest BCUT2D eigenvalue weighted by molar-refractivity contribution is -0.116. The molecule has 138 valence electrons. The summed E-state index contributed by atoms with van der Waals surface area (Å²) in [6, 6.07) is 2.70. The summed E-state index contributed by atoms with van der Waals surface area (Å²) in [5.41, 5.74) is 0.423. The van der Waals surface area contributed by atoms with Gasteiger partial charge in [0.15, 0.2) is 5.82 Å². The fourth-order valence-electron chi connectivity index (χ4n) is 2.44. The summed E-state index contributed by atoms with van der Waals surface area (Å²) in [6.45, 7) is 2.81. The molecule has 3 rings (SSSR count). The Morgan fingerprint density at radius 2 is 2.00 bits per heavy atom. The predicted octanol–water partition coefficient (Wildman–Crippen LogP) is 2.23. The Bertz CT molecular complexity index is 1070. The van der Waals surface area contributed by atoms with Gasteiger partial charge in [-0.2, -0.15) is 0 Å². The maximum absolute atomic E-state index is 13.7. The second kappa shape index (κ2) is 7.40. The highest BCUT2D eigenvalue weighted by atomic mass is 19.1. The molecule has 0 fully saturated rings. The van der Waals surface area contributed by atoms with E-state index in [4.69, 9.17) is 0 Å². The Morgan fingerprint density at radius 1 is 1.22 bits per heavy atom. The van der Waals surface area contributed by atoms with Crippen molar-refractivity contribution in [3.8, 4) is 11.5 Å². The van der Waals surface area contributed by atoms with Gasteiger partial charge in [0, 0.05) is 29.7 Å². The minimum absolute atomic E-state index is 0.158. The number of halogens is 2. The van der Waals surface area contributed by atoms with Crippen LogP contribution in [0.15, 0.2) is 41.6 Å². The zero-order chi connectivity index (χ0) is 19.6. The third kappa shape index (κ3) is 3.86. The van der Waals surface area contributed by atoms with E-state index in [2.05, 4.69) is 20.3 Å². The van der Waals surface area contributed by atoms with Crippen molar-refractivity contribution in [3.63, 3.8) is 0 Å². The smallest absolute Gasteiger partial charge is 0.257 e. The van der Waals surface area contributed by atoms with E-state index in [9.17, 15) is 18.4 Å². The normalized spacial score (nSPS) is 10.7. The Kier molecular flexibility index (Phi) is 5.02. The molecule has 0 atom stereocenters. The zero-order valence-corrected chi connectivity index (χ0v) is 14.5. The second-order valence-electron chi connectivity index (χ2n) is 5.80. The van der Waals surface area contributed by atoms with Crippen LogP contribution in [-0.4, -0.2) is 25.4 Å². The summed E-state index contributed by atoms with van der Waals surface area (Å²) in [7, 11) is 0. The van der Waals surface area contributed by atoms with Crippen molar-refractivity contribution in [2.75, 3.05) is 5.32 Å². The number of carbonyl (C=O) groups excluding carboxylic acids is 1. The topological polar surface area (TPSA) is 89.8 Å². The second-order valence-corrected chi connectivity index (χ2v) is 5.80. The van der Waals surface area contributed by atoms with Gasteiger partial charge in [-0.3, -0.25) is 19.1 Å². The standard InChI is InChI=1S/C18H15F2N5O2/c1-10-11(2)23-17(15-8-21-5-6-22-15)25(18(10)27)9-16(26)24-14-7-12(19)3-4-13(14)20/h3-8H,9H2,1-2H3,(H,24,26). The maximum Gasteiger partial charge on any atom is 0.257 e. The van der Waals surface area contributed by atoms with Gasteiger partial charge in [0.25, 0.3) is 5.56 Å². The van der Waals surface area contributed by atoms with Crippen LogP contribution < -0.4 is 10.9 Å². The highest BCUT2D eigenvalue weighted by Crippen LogP contribution is 2.16. The molecule has 0 unspecified atom stereocenters. The first-order chi connectivity index (χ1) is 12.9. The van der Waals surface area contributed by atoms with E-state index in [0.29, 0.717) is 17.0 Å². The summed E-state index contributed by atoms with van der Waals surface area (Å²) in [6.07, 6.45) is 4.31. The van der Waals surface area contributed by atoms with E-state index in [0.717, 1.165) is 22.8 Å². The highest BCUT2D eigenvalue weighted by molar-refractivity contribution is 5.90. The maximum atomic E-state index is 13.7. The van der Waals surface area contributed by atoms with Crippen LogP contribution in [0.3, 0.4) is 0 Å². The van der Waals surface area contributed by atoms with E-state index >= 15 is 0 Å². The Morgan fingerprint density at radius 3 is 2.70 bits per heavy atom. The van der Waals surface area contributed by atoms with E-state index in [-0.39, 0.29) is 11.5 Å². The molecule has 7 nitrogen and oxygen atoms in total. The fourth-order valence-corrected chi connectivity index (χ4v) is 2.44. The van der Waals surface area contributed by atoms with Crippen molar-refractivity contribution in [1.29, 1.82) is 0 Å². The van der Waals surface area contributed by atoms with Crippen LogP contribution in [0.2, 0.25) is 0 Å². The number of aryl methyl sites for hydroxylation is 1. The lowest BCUT2D eigenvalue weighted by atomic mass is 10.2. The van der Waals surface area contributed by atoms with Crippen molar-refractivity contribution < 1.29 is 13.6 Å². The van der Waals surface area contributed by atoms with Crippen molar-refractivity contribution in [1.82, 2.24) is 19.5 Å². The van der Waals surface area contributed by atoms with Crippen LogP contribution >= 0.6 is 0 Å². The zero-order valence-electron chi connectivity index (χ0n) is 14.5. The molecule has 2 aromatic heterocycles. The molecular weight excluding hydrogens is 356 g/mol. The summed E-state index contributed by atoms with van der Waals surface area (Å²) in [5.74, 6) is -2.04. The summed E-state index contributed by atoms with van der Waals surface area (Å²) in [5, 5.41) is 2.26. The monoisotopic (exact) mass is 371 g/mol. The molecule has 0 aliphatic heterocycles. The van der Waals surface area contributed by atoms with Crippen LogP contribution in [0.5, 0.6) is 0 Å². The molecule has 1 N–H and O–H groups in total. The van der Waals surface area contributed by atoms with Crippen molar-refractivity contribution in [2.45, 2.75) is 20.4 Å². The number of nitrogens with zero attached hydrogens (tertiary/aromatic N) is 4. The molecule has 0 saturated heterocycles. The first kappa shape index (κ1) is 18.3. The summed E-state index contributed by atoms with van der Waals surface area (Å²) >= 11 is 0. The van der Waals surface area contributed by atoms with E-state index in [1.807, 2.05) is 0 Å². The van der Waals surface area contributed by atoms with E-state index in [1.54, 1.807) is 13.8 Å². The SMILES string of the molecule is Cc1nc(-c2cnccn2)n(CC(=O)Nc2cc(F)ccc2F)c(=O)c1C. The molecule has 2 heterocycles. The fraction of sp³-hybridized carbons (Fsp3) is 0.167. The molecule has 3 aromatic rings. The number of hydrogen-bond acceptors (Lipinski definition) is 5. The highest BCUT2D eigenvalue weighted by Gasteiger charge is 2.17. The number of hydrogen-bond donors (Lipinski definition) is 1. The third-order valence-electron chi connectivity index (χ3n) is 3.93. The predicted molar refractivity (Wildman–Crippen MR) is 94.0 cm³/mol.